The van der Waals surface area contributed by atoms with Gasteiger partial charge in [-0.25, -0.2) is 0 Å². The molecule has 0 saturated carbocycles. The largest absolute Gasteiger partial charge is 0.491 e. The Morgan fingerprint density at radius 3 is 2.31 bits per heavy atom. The second-order valence-electron chi connectivity index (χ2n) is 5.68. The van der Waals surface area contributed by atoms with Gasteiger partial charge in [-0.15, -0.1) is 12.4 Å². The van der Waals surface area contributed by atoms with Crippen LogP contribution in [0.25, 0.3) is 0 Å². The van der Waals surface area contributed by atoms with Crippen molar-refractivity contribution in [1.29, 1.82) is 0 Å². The summed E-state index contributed by atoms with van der Waals surface area (Å²) in [4.78, 5) is 14.5. The van der Waals surface area contributed by atoms with Crippen molar-refractivity contribution < 1.29 is 14.3 Å². The molecule has 2 aromatic carbocycles. The zero-order valence-corrected chi connectivity index (χ0v) is 15.9. The highest BCUT2D eigenvalue weighted by atomic mass is 35.5. The van der Waals surface area contributed by atoms with Gasteiger partial charge in [-0.2, -0.15) is 0 Å². The average Bonchev–Trinajstić information content (AvgIpc) is 2.66. The van der Waals surface area contributed by atoms with Gasteiger partial charge in [-0.1, -0.05) is 30.3 Å². The first-order valence-electron chi connectivity index (χ1n) is 8.49. The standard InChI is InChI=1S/C20H26N2O3.ClH/c1-24-15-16-25-19-9-7-18(8-10-19)20(23)22(14-12-21)13-11-17-5-3-2-4-6-17;/h2-10H,11-16,21H2,1H3;1H. The van der Waals surface area contributed by atoms with Crippen molar-refractivity contribution in [2.75, 3.05) is 40.0 Å². The van der Waals surface area contributed by atoms with Gasteiger partial charge in [0, 0.05) is 32.3 Å². The molecule has 2 rings (SSSR count). The summed E-state index contributed by atoms with van der Waals surface area (Å²) in [5.74, 6) is 0.716. The number of carbonyl (C=O) groups excluding carboxylic acids is 1. The molecule has 1 amide bonds. The number of methoxy groups -OCH3 is 1. The summed E-state index contributed by atoms with van der Waals surface area (Å²) < 4.78 is 10.5. The van der Waals surface area contributed by atoms with Crippen molar-refractivity contribution in [3.8, 4) is 5.75 Å². The third kappa shape index (κ3) is 7.04. The van der Waals surface area contributed by atoms with E-state index in [0.29, 0.717) is 38.4 Å². The fraction of sp³-hybridized carbons (Fsp3) is 0.350. The Morgan fingerprint density at radius 1 is 1.00 bits per heavy atom. The second kappa shape index (κ2) is 12.3. The molecule has 0 saturated heterocycles. The van der Waals surface area contributed by atoms with Crippen LogP contribution in [0.2, 0.25) is 0 Å². The van der Waals surface area contributed by atoms with Crippen molar-refractivity contribution in [1.82, 2.24) is 4.90 Å². The van der Waals surface area contributed by atoms with Crippen LogP contribution < -0.4 is 10.5 Å². The van der Waals surface area contributed by atoms with E-state index < -0.39 is 0 Å². The number of nitrogens with zero attached hydrogens (tertiary/aromatic N) is 1. The Morgan fingerprint density at radius 2 is 1.69 bits per heavy atom. The fourth-order valence-corrected chi connectivity index (χ4v) is 2.50. The summed E-state index contributed by atoms with van der Waals surface area (Å²) in [5, 5.41) is 0. The van der Waals surface area contributed by atoms with Crippen LogP contribution >= 0.6 is 12.4 Å². The molecule has 2 aromatic rings. The Bertz CT molecular complexity index is 635. The maximum atomic E-state index is 12.7. The van der Waals surface area contributed by atoms with Crippen molar-refractivity contribution >= 4 is 18.3 Å². The first-order valence-corrected chi connectivity index (χ1v) is 8.49. The van der Waals surface area contributed by atoms with Crippen LogP contribution in [0.3, 0.4) is 0 Å². The molecule has 0 heterocycles. The molecule has 2 N–H and O–H groups in total. The number of carbonyl (C=O) groups is 1. The number of hydrogen-bond acceptors (Lipinski definition) is 4. The van der Waals surface area contributed by atoms with Gasteiger partial charge < -0.3 is 20.1 Å². The van der Waals surface area contributed by atoms with Crippen LogP contribution in [0.1, 0.15) is 15.9 Å². The lowest BCUT2D eigenvalue weighted by atomic mass is 10.1. The van der Waals surface area contributed by atoms with Gasteiger partial charge >= 0.3 is 0 Å². The van der Waals surface area contributed by atoms with Gasteiger partial charge in [0.05, 0.1) is 6.61 Å². The SMILES string of the molecule is COCCOc1ccc(C(=O)N(CCN)CCc2ccccc2)cc1.Cl. The Balaban J connectivity index is 0.00000338. The third-order valence-electron chi connectivity index (χ3n) is 3.86. The predicted octanol–water partition coefficient (Wildman–Crippen LogP) is 2.78. The number of nitrogens with two attached hydrogens (primary N) is 1. The van der Waals surface area contributed by atoms with Crippen molar-refractivity contribution in [3.05, 3.63) is 65.7 Å². The highest BCUT2D eigenvalue weighted by molar-refractivity contribution is 5.94. The highest BCUT2D eigenvalue weighted by Gasteiger charge is 2.15. The summed E-state index contributed by atoms with van der Waals surface area (Å²) in [7, 11) is 1.63. The van der Waals surface area contributed by atoms with E-state index in [1.807, 2.05) is 18.2 Å². The first kappa shape index (κ1) is 22.0. The number of ether oxygens (including phenoxy) is 2. The van der Waals surface area contributed by atoms with Crippen molar-refractivity contribution in [3.63, 3.8) is 0 Å². The molecule has 0 fully saturated rings. The van der Waals surface area contributed by atoms with E-state index in [1.165, 1.54) is 5.56 Å². The number of benzene rings is 2. The predicted molar refractivity (Wildman–Crippen MR) is 106 cm³/mol. The molecule has 26 heavy (non-hydrogen) atoms. The fourth-order valence-electron chi connectivity index (χ4n) is 2.50. The Labute approximate surface area is 161 Å². The molecule has 0 aliphatic carbocycles. The molecule has 0 aliphatic rings. The molecule has 6 heteroatoms. The summed E-state index contributed by atoms with van der Waals surface area (Å²) in [5.41, 5.74) is 7.53. The number of halogens is 1. The van der Waals surface area contributed by atoms with E-state index in [0.717, 1.165) is 12.2 Å². The molecule has 142 valence electrons. The van der Waals surface area contributed by atoms with Crippen LogP contribution in [0, 0.1) is 0 Å². The summed E-state index contributed by atoms with van der Waals surface area (Å²) in [6.07, 6.45) is 0.810. The van der Waals surface area contributed by atoms with E-state index in [1.54, 1.807) is 36.3 Å². The second-order valence-corrected chi connectivity index (χ2v) is 5.68. The molecule has 0 radical (unpaired) electrons. The first-order chi connectivity index (χ1) is 12.2. The van der Waals surface area contributed by atoms with E-state index in [2.05, 4.69) is 12.1 Å². The van der Waals surface area contributed by atoms with Gasteiger partial charge in [0.25, 0.3) is 5.91 Å². The number of amides is 1. The molecular weight excluding hydrogens is 352 g/mol. The monoisotopic (exact) mass is 378 g/mol. The Hall–Kier alpha value is -2.08. The molecule has 0 aliphatic heterocycles. The van der Waals surface area contributed by atoms with Gasteiger partial charge in [0.1, 0.15) is 12.4 Å². The smallest absolute Gasteiger partial charge is 0.253 e. The zero-order chi connectivity index (χ0) is 17.9. The van der Waals surface area contributed by atoms with Crippen molar-refractivity contribution in [2.45, 2.75) is 6.42 Å². The third-order valence-corrected chi connectivity index (χ3v) is 3.86. The average molecular weight is 379 g/mol. The number of hydrogen-bond donors (Lipinski definition) is 1. The van der Waals surface area contributed by atoms with Gasteiger partial charge in [-0.05, 0) is 36.2 Å². The zero-order valence-electron chi connectivity index (χ0n) is 15.1. The molecule has 0 atom stereocenters. The van der Waals surface area contributed by atoms with E-state index in [4.69, 9.17) is 15.2 Å². The van der Waals surface area contributed by atoms with E-state index in [9.17, 15) is 4.79 Å². The van der Waals surface area contributed by atoms with Crippen LogP contribution in [0.5, 0.6) is 5.75 Å². The van der Waals surface area contributed by atoms with Crippen LogP contribution in [0.4, 0.5) is 0 Å². The molecule has 0 bridgehead atoms. The maximum Gasteiger partial charge on any atom is 0.253 e. The molecule has 0 spiro atoms. The topological polar surface area (TPSA) is 64.8 Å². The molecule has 5 nitrogen and oxygen atoms in total. The quantitative estimate of drug-likeness (QED) is 0.646. The molecule has 0 aromatic heterocycles. The maximum absolute atomic E-state index is 12.7. The summed E-state index contributed by atoms with van der Waals surface area (Å²) in [6.45, 7) is 2.65. The highest BCUT2D eigenvalue weighted by Crippen LogP contribution is 2.14. The van der Waals surface area contributed by atoms with Gasteiger partial charge in [0.15, 0.2) is 0 Å². The lowest BCUT2D eigenvalue weighted by molar-refractivity contribution is 0.0762. The lowest BCUT2D eigenvalue weighted by Crippen LogP contribution is -2.36. The summed E-state index contributed by atoms with van der Waals surface area (Å²) in [6, 6.07) is 17.3. The van der Waals surface area contributed by atoms with E-state index >= 15 is 0 Å². The normalized spacial score (nSPS) is 10.1. The van der Waals surface area contributed by atoms with Gasteiger partial charge in [-0.3, -0.25) is 4.79 Å². The lowest BCUT2D eigenvalue weighted by Gasteiger charge is -2.22. The van der Waals surface area contributed by atoms with Crippen LogP contribution in [-0.2, 0) is 11.2 Å². The minimum atomic E-state index is -0.00942. The molecule has 0 unspecified atom stereocenters. The summed E-state index contributed by atoms with van der Waals surface area (Å²) >= 11 is 0. The molecular formula is C20H27ClN2O3. The van der Waals surface area contributed by atoms with Crippen LogP contribution in [-0.4, -0.2) is 50.8 Å². The van der Waals surface area contributed by atoms with Crippen LogP contribution in [0.15, 0.2) is 54.6 Å². The van der Waals surface area contributed by atoms with E-state index in [-0.39, 0.29) is 18.3 Å². The van der Waals surface area contributed by atoms with Crippen molar-refractivity contribution in [2.24, 2.45) is 5.73 Å². The van der Waals surface area contributed by atoms with Gasteiger partial charge in [0.2, 0.25) is 0 Å². The minimum Gasteiger partial charge on any atom is -0.491 e. The Kier molecular flexibility index (Phi) is 10.4. The number of rotatable bonds is 10. The minimum absolute atomic E-state index is 0.